The van der Waals surface area contributed by atoms with Crippen molar-refractivity contribution >= 4 is 0 Å². The molecule has 1 unspecified atom stereocenters. The first kappa shape index (κ1) is 13.3. The van der Waals surface area contributed by atoms with Gasteiger partial charge in [0.25, 0.3) is 0 Å². The fourth-order valence-corrected chi connectivity index (χ4v) is 3.00. The molecule has 0 saturated heterocycles. The smallest absolute Gasteiger partial charge is 0.154 e. The minimum Gasteiger partial charge on any atom is -0.348 e. The van der Waals surface area contributed by atoms with Gasteiger partial charge in [0.1, 0.15) is 5.82 Å². The fourth-order valence-electron chi connectivity index (χ4n) is 3.00. The molecule has 0 radical (unpaired) electrons. The molecular formula is C14H22N6. The number of nitrogens with two attached hydrogens (primary N) is 1. The van der Waals surface area contributed by atoms with Crippen molar-refractivity contribution < 1.29 is 0 Å². The normalized spacial score (nSPS) is 18.3. The number of nitrogens with zero attached hydrogens (tertiary/aromatic N) is 4. The summed E-state index contributed by atoms with van der Waals surface area (Å²) < 4.78 is 1.84. The molecule has 20 heavy (non-hydrogen) atoms. The van der Waals surface area contributed by atoms with Crippen molar-refractivity contribution in [1.82, 2.24) is 24.7 Å². The summed E-state index contributed by atoms with van der Waals surface area (Å²) in [6, 6.07) is -0.148. The van der Waals surface area contributed by atoms with E-state index in [0.717, 1.165) is 17.3 Å². The maximum atomic E-state index is 6.26. The number of H-pyrrole nitrogens is 1. The molecule has 1 saturated carbocycles. The number of aryl methyl sites for hydroxylation is 1. The van der Waals surface area contributed by atoms with Gasteiger partial charge in [0.15, 0.2) is 5.82 Å². The average molecular weight is 274 g/mol. The zero-order chi connectivity index (χ0) is 13.9. The molecule has 1 aliphatic rings. The van der Waals surface area contributed by atoms with Crippen molar-refractivity contribution in [3.8, 4) is 0 Å². The lowest BCUT2D eigenvalue weighted by Crippen LogP contribution is -2.18. The highest BCUT2D eigenvalue weighted by Gasteiger charge is 2.23. The molecule has 2 aromatic heterocycles. The Bertz CT molecular complexity index is 538. The van der Waals surface area contributed by atoms with Gasteiger partial charge in [0.05, 0.1) is 12.4 Å². The lowest BCUT2D eigenvalue weighted by molar-refractivity contribution is 0.427. The Morgan fingerprint density at radius 1 is 1.40 bits per heavy atom. The van der Waals surface area contributed by atoms with Crippen molar-refractivity contribution in [3.05, 3.63) is 29.9 Å². The number of nitrogens with one attached hydrogen (secondary N) is 1. The molecule has 2 aromatic rings. The number of aromatic amines is 1. The van der Waals surface area contributed by atoms with Gasteiger partial charge >= 0.3 is 0 Å². The van der Waals surface area contributed by atoms with Gasteiger partial charge in [-0.05, 0) is 12.8 Å². The first-order valence-electron chi connectivity index (χ1n) is 7.37. The van der Waals surface area contributed by atoms with Crippen molar-refractivity contribution in [2.45, 2.75) is 50.5 Å². The van der Waals surface area contributed by atoms with Gasteiger partial charge in [0.2, 0.25) is 0 Å². The Morgan fingerprint density at radius 3 is 2.90 bits per heavy atom. The van der Waals surface area contributed by atoms with Crippen LogP contribution >= 0.6 is 0 Å². The summed E-state index contributed by atoms with van der Waals surface area (Å²) in [5, 5.41) is 4.58. The molecule has 1 fully saturated rings. The van der Waals surface area contributed by atoms with Gasteiger partial charge in [-0.3, -0.25) is 4.68 Å². The van der Waals surface area contributed by atoms with Crippen LogP contribution in [0.5, 0.6) is 0 Å². The number of hydrogen-bond donors (Lipinski definition) is 2. The topological polar surface area (TPSA) is 85.4 Å². The van der Waals surface area contributed by atoms with E-state index >= 15 is 0 Å². The van der Waals surface area contributed by atoms with E-state index in [1.807, 2.05) is 11.7 Å². The highest BCUT2D eigenvalue weighted by Crippen LogP contribution is 2.31. The highest BCUT2D eigenvalue weighted by molar-refractivity contribution is 5.07. The van der Waals surface area contributed by atoms with Crippen molar-refractivity contribution in [3.63, 3.8) is 0 Å². The Morgan fingerprint density at radius 2 is 2.20 bits per heavy atom. The van der Waals surface area contributed by atoms with Gasteiger partial charge in [-0.1, -0.05) is 19.3 Å². The largest absolute Gasteiger partial charge is 0.348 e. The Balaban J connectivity index is 1.74. The summed E-state index contributed by atoms with van der Waals surface area (Å²) in [5.41, 5.74) is 7.29. The van der Waals surface area contributed by atoms with Crippen molar-refractivity contribution in [1.29, 1.82) is 0 Å². The molecule has 1 atom stereocenters. The standard InChI is InChI=1S/C14H22N6/c1-20-14(12(15)7-11-8-16-9-17-11)18-13(19-20)10-5-3-2-4-6-10/h8-10,12H,2-7,15H2,1H3,(H,16,17). The summed E-state index contributed by atoms with van der Waals surface area (Å²) >= 11 is 0. The average Bonchev–Trinajstić information content (AvgIpc) is 3.09. The maximum absolute atomic E-state index is 6.26. The van der Waals surface area contributed by atoms with Crippen LogP contribution in [0.3, 0.4) is 0 Å². The van der Waals surface area contributed by atoms with E-state index in [1.165, 1.54) is 32.1 Å². The molecule has 0 bridgehead atoms. The van der Waals surface area contributed by atoms with Gasteiger partial charge in [-0.2, -0.15) is 5.10 Å². The maximum Gasteiger partial charge on any atom is 0.154 e. The molecule has 0 aromatic carbocycles. The van der Waals surface area contributed by atoms with E-state index in [4.69, 9.17) is 10.7 Å². The Labute approximate surface area is 118 Å². The van der Waals surface area contributed by atoms with Crippen LogP contribution in [-0.4, -0.2) is 24.7 Å². The van der Waals surface area contributed by atoms with E-state index in [-0.39, 0.29) is 6.04 Å². The molecular weight excluding hydrogens is 252 g/mol. The summed E-state index contributed by atoms with van der Waals surface area (Å²) in [5.74, 6) is 2.35. The van der Waals surface area contributed by atoms with Crippen molar-refractivity contribution in [2.24, 2.45) is 12.8 Å². The van der Waals surface area contributed by atoms with Crippen LogP contribution in [0.2, 0.25) is 0 Å². The number of imidazole rings is 1. The van der Waals surface area contributed by atoms with E-state index in [2.05, 4.69) is 15.1 Å². The molecule has 0 amide bonds. The second-order valence-corrected chi connectivity index (χ2v) is 5.67. The lowest BCUT2D eigenvalue weighted by Gasteiger charge is -2.18. The number of aromatic nitrogens is 5. The second-order valence-electron chi connectivity index (χ2n) is 5.67. The SMILES string of the molecule is Cn1nc(C2CCCCC2)nc1C(N)Cc1cnc[nH]1. The lowest BCUT2D eigenvalue weighted by atomic mass is 9.89. The first-order chi connectivity index (χ1) is 9.74. The quantitative estimate of drug-likeness (QED) is 0.890. The molecule has 6 heteroatoms. The zero-order valence-electron chi connectivity index (χ0n) is 11.9. The molecule has 3 N–H and O–H groups in total. The van der Waals surface area contributed by atoms with Crippen LogP contribution < -0.4 is 5.73 Å². The van der Waals surface area contributed by atoms with Crippen LogP contribution in [0.1, 0.15) is 61.4 Å². The third kappa shape index (κ3) is 2.75. The molecule has 1 aliphatic carbocycles. The predicted molar refractivity (Wildman–Crippen MR) is 76.0 cm³/mol. The summed E-state index contributed by atoms with van der Waals surface area (Å²) in [6.45, 7) is 0. The van der Waals surface area contributed by atoms with Crippen LogP contribution in [0.25, 0.3) is 0 Å². The molecule has 2 heterocycles. The van der Waals surface area contributed by atoms with Gasteiger partial charge in [0, 0.05) is 31.3 Å². The van der Waals surface area contributed by atoms with Gasteiger partial charge < -0.3 is 10.7 Å². The zero-order valence-corrected chi connectivity index (χ0v) is 11.9. The minimum absolute atomic E-state index is 0.148. The van der Waals surface area contributed by atoms with Crippen LogP contribution in [0.15, 0.2) is 12.5 Å². The van der Waals surface area contributed by atoms with Gasteiger partial charge in [-0.15, -0.1) is 0 Å². The summed E-state index contributed by atoms with van der Waals surface area (Å²) in [4.78, 5) is 11.8. The molecule has 0 aliphatic heterocycles. The van der Waals surface area contributed by atoms with Crippen LogP contribution in [0.4, 0.5) is 0 Å². The highest BCUT2D eigenvalue weighted by atomic mass is 15.3. The predicted octanol–water partition coefficient (Wildman–Crippen LogP) is 1.83. The third-order valence-corrected chi connectivity index (χ3v) is 4.11. The van der Waals surface area contributed by atoms with E-state index < -0.39 is 0 Å². The fraction of sp³-hybridized carbons (Fsp3) is 0.643. The van der Waals surface area contributed by atoms with E-state index in [9.17, 15) is 0 Å². The third-order valence-electron chi connectivity index (χ3n) is 4.11. The van der Waals surface area contributed by atoms with Crippen LogP contribution in [-0.2, 0) is 13.5 Å². The Hall–Kier alpha value is -1.69. The first-order valence-corrected chi connectivity index (χ1v) is 7.37. The second kappa shape index (κ2) is 5.75. The summed E-state index contributed by atoms with van der Waals surface area (Å²) in [6.07, 6.45) is 10.5. The molecule has 3 rings (SSSR count). The molecule has 6 nitrogen and oxygen atoms in total. The Kier molecular flexibility index (Phi) is 3.82. The summed E-state index contributed by atoms with van der Waals surface area (Å²) in [7, 11) is 1.93. The van der Waals surface area contributed by atoms with Crippen molar-refractivity contribution in [2.75, 3.05) is 0 Å². The minimum atomic E-state index is -0.148. The molecule has 0 spiro atoms. The van der Waals surface area contributed by atoms with Crippen LogP contribution in [0, 0.1) is 0 Å². The number of hydrogen-bond acceptors (Lipinski definition) is 4. The monoisotopic (exact) mass is 274 g/mol. The van der Waals surface area contributed by atoms with Gasteiger partial charge in [-0.25, -0.2) is 9.97 Å². The number of rotatable bonds is 4. The molecule has 108 valence electrons. The van der Waals surface area contributed by atoms with E-state index in [0.29, 0.717) is 12.3 Å². The van der Waals surface area contributed by atoms with E-state index in [1.54, 1.807) is 12.5 Å².